The predicted molar refractivity (Wildman–Crippen MR) is 82.8 cm³/mol. The second-order valence-corrected chi connectivity index (χ2v) is 5.64. The molecule has 1 amide bonds. The van der Waals surface area contributed by atoms with Crippen LogP contribution in [-0.2, 0) is 9.53 Å². The number of aryl methyl sites for hydroxylation is 1. The van der Waals surface area contributed by atoms with Crippen LogP contribution in [0.3, 0.4) is 0 Å². The van der Waals surface area contributed by atoms with Gasteiger partial charge in [-0.1, -0.05) is 0 Å². The molecule has 1 saturated heterocycles. The Kier molecular flexibility index (Phi) is 5.20. The fourth-order valence-corrected chi connectivity index (χ4v) is 2.36. The Morgan fingerprint density at radius 3 is 2.86 bits per heavy atom. The molecule has 2 rings (SSSR count). The number of hydrogen-bond acceptors (Lipinski definition) is 4. The zero-order valence-corrected chi connectivity index (χ0v) is 13.1. The van der Waals surface area contributed by atoms with E-state index in [4.69, 9.17) is 9.47 Å². The van der Waals surface area contributed by atoms with Crippen molar-refractivity contribution in [1.29, 1.82) is 0 Å². The van der Waals surface area contributed by atoms with Crippen LogP contribution in [0.2, 0.25) is 0 Å². The first-order valence-corrected chi connectivity index (χ1v) is 7.40. The first-order chi connectivity index (χ1) is 9.97. The maximum atomic E-state index is 12.3. The molecule has 1 aromatic carbocycles. The monoisotopic (exact) mass is 292 g/mol. The van der Waals surface area contributed by atoms with E-state index in [0.29, 0.717) is 13.2 Å². The zero-order valence-electron chi connectivity index (χ0n) is 13.1. The maximum absolute atomic E-state index is 12.3. The minimum absolute atomic E-state index is 0.0703. The molecular formula is C16H24N2O3. The average molecular weight is 292 g/mol. The standard InChI is InChI=1S/C16H24N2O3/c1-10(2)21-14-6-5-13(9-11(14)3)18-16(19)15-12(4)20-8-7-17-15/h5-6,9-10,12,15,17H,7-8H2,1-4H3,(H,18,19)/t12-,15+/m1/s1. The molecule has 5 heteroatoms. The van der Waals surface area contributed by atoms with Crippen molar-refractivity contribution in [1.82, 2.24) is 5.32 Å². The Bertz CT molecular complexity index is 502. The van der Waals surface area contributed by atoms with Crippen LogP contribution in [0, 0.1) is 6.92 Å². The van der Waals surface area contributed by atoms with Crippen molar-refractivity contribution in [3.05, 3.63) is 23.8 Å². The topological polar surface area (TPSA) is 59.6 Å². The summed E-state index contributed by atoms with van der Waals surface area (Å²) in [5.74, 6) is 0.773. The molecule has 2 N–H and O–H groups in total. The number of carbonyl (C=O) groups excluding carboxylic acids is 1. The van der Waals surface area contributed by atoms with Gasteiger partial charge in [-0.25, -0.2) is 0 Å². The number of morpholine rings is 1. The second-order valence-electron chi connectivity index (χ2n) is 5.64. The predicted octanol–water partition coefficient (Wildman–Crippen LogP) is 2.10. The lowest BCUT2D eigenvalue weighted by molar-refractivity contribution is -0.123. The van der Waals surface area contributed by atoms with E-state index >= 15 is 0 Å². The quantitative estimate of drug-likeness (QED) is 0.892. The van der Waals surface area contributed by atoms with E-state index in [0.717, 1.165) is 17.0 Å². The summed E-state index contributed by atoms with van der Waals surface area (Å²) in [6.45, 7) is 9.20. The van der Waals surface area contributed by atoms with Gasteiger partial charge in [0.2, 0.25) is 5.91 Å². The van der Waals surface area contributed by atoms with E-state index in [2.05, 4.69) is 10.6 Å². The van der Waals surface area contributed by atoms with Gasteiger partial charge in [-0.05, 0) is 51.5 Å². The van der Waals surface area contributed by atoms with Gasteiger partial charge in [0.05, 0.1) is 18.8 Å². The molecule has 2 atom stereocenters. The Balaban J connectivity index is 2.02. The van der Waals surface area contributed by atoms with Crippen LogP contribution < -0.4 is 15.4 Å². The number of anilines is 1. The molecule has 1 aliphatic rings. The molecule has 0 bridgehead atoms. The maximum Gasteiger partial charge on any atom is 0.244 e. The number of nitrogens with one attached hydrogen (secondary N) is 2. The molecule has 0 aromatic heterocycles. The van der Waals surface area contributed by atoms with Crippen molar-refractivity contribution in [3.63, 3.8) is 0 Å². The highest BCUT2D eigenvalue weighted by atomic mass is 16.5. The van der Waals surface area contributed by atoms with Crippen molar-refractivity contribution in [3.8, 4) is 5.75 Å². The van der Waals surface area contributed by atoms with Gasteiger partial charge in [-0.3, -0.25) is 4.79 Å². The van der Waals surface area contributed by atoms with Gasteiger partial charge in [-0.2, -0.15) is 0 Å². The van der Waals surface area contributed by atoms with Crippen LogP contribution in [0.15, 0.2) is 18.2 Å². The number of amides is 1. The number of benzene rings is 1. The SMILES string of the molecule is Cc1cc(NC(=O)[C@H]2NCCO[C@@H]2C)ccc1OC(C)C. The lowest BCUT2D eigenvalue weighted by Gasteiger charge is -2.29. The number of carbonyl (C=O) groups is 1. The largest absolute Gasteiger partial charge is 0.491 e. The Morgan fingerprint density at radius 1 is 1.48 bits per heavy atom. The molecular weight excluding hydrogens is 268 g/mol. The molecule has 0 spiro atoms. The van der Waals surface area contributed by atoms with Crippen LogP contribution in [0.4, 0.5) is 5.69 Å². The molecule has 0 unspecified atom stereocenters. The van der Waals surface area contributed by atoms with Crippen LogP contribution in [0.1, 0.15) is 26.3 Å². The van der Waals surface area contributed by atoms with Gasteiger partial charge < -0.3 is 20.1 Å². The van der Waals surface area contributed by atoms with Crippen molar-refractivity contribution in [2.24, 2.45) is 0 Å². The van der Waals surface area contributed by atoms with E-state index in [-0.39, 0.29) is 24.2 Å². The highest BCUT2D eigenvalue weighted by Gasteiger charge is 2.28. The lowest BCUT2D eigenvalue weighted by atomic mass is 10.1. The highest BCUT2D eigenvalue weighted by molar-refractivity contribution is 5.95. The van der Waals surface area contributed by atoms with Crippen molar-refractivity contribution in [2.75, 3.05) is 18.5 Å². The number of hydrogen-bond donors (Lipinski definition) is 2. The molecule has 1 heterocycles. The Morgan fingerprint density at radius 2 is 2.24 bits per heavy atom. The van der Waals surface area contributed by atoms with Crippen molar-refractivity contribution in [2.45, 2.75) is 45.9 Å². The molecule has 1 fully saturated rings. The van der Waals surface area contributed by atoms with Crippen LogP contribution in [-0.4, -0.2) is 37.3 Å². The minimum Gasteiger partial charge on any atom is -0.491 e. The van der Waals surface area contributed by atoms with Crippen molar-refractivity contribution < 1.29 is 14.3 Å². The number of ether oxygens (including phenoxy) is 2. The van der Waals surface area contributed by atoms with E-state index in [9.17, 15) is 4.79 Å². The summed E-state index contributed by atoms with van der Waals surface area (Å²) in [6.07, 6.45) is 0.0111. The van der Waals surface area contributed by atoms with Crippen LogP contribution >= 0.6 is 0 Å². The molecule has 0 aliphatic carbocycles. The van der Waals surface area contributed by atoms with Gasteiger partial charge in [0.25, 0.3) is 0 Å². The van der Waals surface area contributed by atoms with Crippen molar-refractivity contribution >= 4 is 11.6 Å². The van der Waals surface area contributed by atoms with Crippen LogP contribution in [0.25, 0.3) is 0 Å². The van der Waals surface area contributed by atoms with Gasteiger partial charge in [-0.15, -0.1) is 0 Å². The summed E-state index contributed by atoms with van der Waals surface area (Å²) in [6, 6.07) is 5.35. The third-order valence-corrected chi connectivity index (χ3v) is 3.40. The smallest absolute Gasteiger partial charge is 0.244 e. The molecule has 5 nitrogen and oxygen atoms in total. The lowest BCUT2D eigenvalue weighted by Crippen LogP contribution is -2.53. The fraction of sp³-hybridized carbons (Fsp3) is 0.562. The van der Waals surface area contributed by atoms with E-state index in [1.165, 1.54) is 0 Å². The molecule has 21 heavy (non-hydrogen) atoms. The Hall–Kier alpha value is -1.59. The molecule has 0 radical (unpaired) electrons. The second kappa shape index (κ2) is 6.91. The zero-order chi connectivity index (χ0) is 15.4. The average Bonchev–Trinajstić information content (AvgIpc) is 2.42. The number of rotatable bonds is 4. The third-order valence-electron chi connectivity index (χ3n) is 3.40. The summed E-state index contributed by atoms with van der Waals surface area (Å²) >= 11 is 0. The first-order valence-electron chi connectivity index (χ1n) is 7.40. The Labute approximate surface area is 126 Å². The molecule has 1 aromatic rings. The first kappa shape index (κ1) is 15.8. The summed E-state index contributed by atoms with van der Waals surface area (Å²) in [4.78, 5) is 12.3. The van der Waals surface area contributed by atoms with E-state index in [1.807, 2.05) is 45.9 Å². The van der Waals surface area contributed by atoms with Gasteiger partial charge in [0.1, 0.15) is 11.8 Å². The normalized spacial score (nSPS) is 22.1. The molecule has 116 valence electrons. The fourth-order valence-electron chi connectivity index (χ4n) is 2.36. The minimum atomic E-state index is -0.314. The van der Waals surface area contributed by atoms with Gasteiger partial charge >= 0.3 is 0 Å². The molecule has 1 aliphatic heterocycles. The summed E-state index contributed by atoms with van der Waals surface area (Å²) < 4.78 is 11.2. The summed E-state index contributed by atoms with van der Waals surface area (Å²) in [7, 11) is 0. The third kappa shape index (κ3) is 4.19. The summed E-state index contributed by atoms with van der Waals surface area (Å²) in [5, 5.41) is 6.11. The van der Waals surface area contributed by atoms with E-state index < -0.39 is 0 Å². The van der Waals surface area contributed by atoms with Gasteiger partial charge in [0, 0.05) is 12.2 Å². The van der Waals surface area contributed by atoms with E-state index in [1.54, 1.807) is 0 Å². The highest BCUT2D eigenvalue weighted by Crippen LogP contribution is 2.23. The van der Waals surface area contributed by atoms with Crippen LogP contribution in [0.5, 0.6) is 5.75 Å². The summed E-state index contributed by atoms with van der Waals surface area (Å²) in [5.41, 5.74) is 1.77. The molecule has 0 saturated carbocycles. The van der Waals surface area contributed by atoms with Gasteiger partial charge in [0.15, 0.2) is 0 Å².